The lowest BCUT2D eigenvalue weighted by Crippen LogP contribution is -2.56. The number of likely N-dealkylation sites (tertiary alicyclic amines) is 1. The van der Waals surface area contributed by atoms with Crippen LogP contribution in [0.25, 0.3) is 22.2 Å². The number of sulfonamides is 1. The van der Waals surface area contributed by atoms with Crippen LogP contribution in [0.15, 0.2) is 95.9 Å². The van der Waals surface area contributed by atoms with Crippen LogP contribution in [0, 0.1) is 5.92 Å². The molecule has 13 nitrogen and oxygen atoms in total. The van der Waals surface area contributed by atoms with Crippen molar-refractivity contribution in [3.05, 3.63) is 91.0 Å². The van der Waals surface area contributed by atoms with Crippen LogP contribution in [0.4, 0.5) is 5.69 Å². The smallest absolute Gasteiger partial charge is 0.266 e. The number of amides is 4. The molecular formula is C40H41N5O8S. The summed E-state index contributed by atoms with van der Waals surface area (Å²) in [6.07, 6.45) is 5.49. The van der Waals surface area contributed by atoms with Crippen LogP contribution in [0.3, 0.4) is 0 Å². The zero-order valence-corrected chi connectivity index (χ0v) is 30.7. The van der Waals surface area contributed by atoms with Crippen molar-refractivity contribution in [2.24, 2.45) is 5.92 Å². The Morgan fingerprint density at radius 1 is 1.00 bits per heavy atom. The summed E-state index contributed by atoms with van der Waals surface area (Å²) in [6.45, 7) is 1.47. The molecule has 1 aliphatic carbocycles. The number of nitrogens with zero attached hydrogens (tertiary/aromatic N) is 2. The molecule has 0 bridgehead atoms. The van der Waals surface area contributed by atoms with Gasteiger partial charge < -0.3 is 25.0 Å². The number of fused-ring (bicyclic) bond motifs is 3. The van der Waals surface area contributed by atoms with Crippen LogP contribution >= 0.6 is 0 Å². The minimum atomic E-state index is -4.47. The molecule has 1 saturated heterocycles. The molecule has 54 heavy (non-hydrogen) atoms. The third-order valence-corrected chi connectivity index (χ3v) is 11.5. The van der Waals surface area contributed by atoms with Gasteiger partial charge in [0.15, 0.2) is 0 Å². The summed E-state index contributed by atoms with van der Waals surface area (Å²) in [7, 11) is -2.90. The highest BCUT2D eigenvalue weighted by molar-refractivity contribution is 7.90. The van der Waals surface area contributed by atoms with E-state index in [0.29, 0.717) is 42.0 Å². The summed E-state index contributed by atoms with van der Waals surface area (Å²) < 4.78 is 41.4. The first-order valence-electron chi connectivity index (χ1n) is 17.9. The van der Waals surface area contributed by atoms with Gasteiger partial charge in [-0.2, -0.15) is 0 Å². The monoisotopic (exact) mass is 751 g/mol. The van der Waals surface area contributed by atoms with E-state index in [1.165, 1.54) is 30.0 Å². The molecule has 3 heterocycles. The van der Waals surface area contributed by atoms with Gasteiger partial charge in [0, 0.05) is 48.8 Å². The Balaban J connectivity index is 1.15. The standard InChI is InChI=1S/C40H41N5O8S/c1-25(46)45-24-29(53-35-22-32(26-12-6-5-7-13-26)41-33-20-28(52-2)18-19-30(33)35)21-34(45)38(48)43-40-23-27(40)14-8-3-4-9-17-37(47)42-31-15-10-11-16-36(31)54(50,51)44-39(40)49/h5-8,10-16,18-20,22,27,29,34H,3-4,9,17,21,23-24H2,1-2H3,(H,42,47)(H,43,48)(H,44,49)/t27-,29-,34+,40-/m1/s1. The van der Waals surface area contributed by atoms with Crippen molar-refractivity contribution < 1.29 is 37.1 Å². The van der Waals surface area contributed by atoms with E-state index in [1.807, 2.05) is 54.6 Å². The summed E-state index contributed by atoms with van der Waals surface area (Å²) in [6, 6.07) is 21.8. The zero-order valence-electron chi connectivity index (χ0n) is 29.9. The Morgan fingerprint density at radius 2 is 1.78 bits per heavy atom. The van der Waals surface area contributed by atoms with Crippen molar-refractivity contribution in [3.63, 3.8) is 0 Å². The summed E-state index contributed by atoms with van der Waals surface area (Å²) in [5, 5.41) is 6.22. The van der Waals surface area contributed by atoms with E-state index in [1.54, 1.807) is 25.3 Å². The van der Waals surface area contributed by atoms with E-state index in [2.05, 4.69) is 15.4 Å². The first kappa shape index (κ1) is 36.6. The van der Waals surface area contributed by atoms with Crippen LogP contribution in [-0.4, -0.2) is 73.3 Å². The van der Waals surface area contributed by atoms with Gasteiger partial charge in [0.25, 0.3) is 15.9 Å². The van der Waals surface area contributed by atoms with Crippen molar-refractivity contribution in [1.82, 2.24) is 19.9 Å². The summed E-state index contributed by atoms with van der Waals surface area (Å²) in [5.41, 5.74) is 0.659. The lowest BCUT2D eigenvalue weighted by Gasteiger charge is -2.25. The molecule has 4 amide bonds. The van der Waals surface area contributed by atoms with Gasteiger partial charge in [-0.25, -0.2) is 18.1 Å². The number of ether oxygens (including phenoxy) is 2. The number of pyridine rings is 1. The number of carbonyl (C=O) groups excluding carboxylic acids is 4. The van der Waals surface area contributed by atoms with Crippen molar-refractivity contribution in [3.8, 4) is 22.8 Å². The fourth-order valence-electron chi connectivity index (χ4n) is 7.19. The fourth-order valence-corrected chi connectivity index (χ4v) is 8.40. The third-order valence-electron chi connectivity index (χ3n) is 10.1. The molecule has 1 aromatic heterocycles. The van der Waals surface area contributed by atoms with Crippen LogP contribution < -0.4 is 24.8 Å². The Labute approximate surface area is 313 Å². The predicted molar refractivity (Wildman–Crippen MR) is 201 cm³/mol. The maximum absolute atomic E-state index is 14.2. The lowest BCUT2D eigenvalue weighted by molar-refractivity contribution is -0.138. The van der Waals surface area contributed by atoms with E-state index in [9.17, 15) is 27.6 Å². The van der Waals surface area contributed by atoms with Crippen LogP contribution in [0.1, 0.15) is 45.4 Å². The topological polar surface area (TPSA) is 173 Å². The number of hydrogen-bond donors (Lipinski definition) is 3. The van der Waals surface area contributed by atoms with Gasteiger partial charge in [-0.1, -0.05) is 54.6 Å². The number of para-hydroxylation sites is 1. The highest BCUT2D eigenvalue weighted by Crippen LogP contribution is 2.46. The number of nitrogens with one attached hydrogen (secondary N) is 3. The maximum atomic E-state index is 14.2. The molecule has 14 heteroatoms. The Morgan fingerprint density at radius 3 is 2.56 bits per heavy atom. The van der Waals surface area contributed by atoms with Gasteiger partial charge in [0.2, 0.25) is 17.7 Å². The van der Waals surface area contributed by atoms with E-state index in [0.717, 1.165) is 10.9 Å². The molecule has 1 saturated carbocycles. The SMILES string of the molecule is COc1ccc2c(O[C@@H]3C[C@@H](C(=O)N[C@]45C[C@H]4C=CCCCCC(=O)Nc4ccccc4S(=O)(=O)NC5=O)N(C(C)=O)C3)cc(-c3ccccc3)nc2c1. The number of hydrogen-bond acceptors (Lipinski definition) is 9. The highest BCUT2D eigenvalue weighted by Gasteiger charge is 2.61. The number of benzene rings is 3. The maximum Gasteiger partial charge on any atom is 0.266 e. The minimum absolute atomic E-state index is 0.0485. The van der Waals surface area contributed by atoms with Gasteiger partial charge in [-0.3, -0.25) is 19.2 Å². The van der Waals surface area contributed by atoms with Gasteiger partial charge in [-0.15, -0.1) is 0 Å². The quantitative estimate of drug-likeness (QED) is 0.236. The number of aromatic nitrogens is 1. The highest BCUT2D eigenvalue weighted by atomic mass is 32.2. The molecule has 3 aromatic carbocycles. The second-order valence-corrected chi connectivity index (χ2v) is 15.5. The number of carbonyl (C=O) groups is 4. The van der Waals surface area contributed by atoms with E-state index < -0.39 is 45.4 Å². The van der Waals surface area contributed by atoms with E-state index >= 15 is 0 Å². The molecule has 4 atom stereocenters. The molecule has 280 valence electrons. The van der Waals surface area contributed by atoms with Crippen molar-refractivity contribution in [2.45, 2.75) is 68.0 Å². The van der Waals surface area contributed by atoms with E-state index in [4.69, 9.17) is 14.5 Å². The van der Waals surface area contributed by atoms with Crippen LogP contribution in [-0.2, 0) is 29.2 Å². The number of methoxy groups -OCH3 is 1. The largest absolute Gasteiger partial charge is 0.497 e. The van der Waals surface area contributed by atoms with Crippen LogP contribution in [0.2, 0.25) is 0 Å². The molecule has 4 aromatic rings. The number of anilines is 1. The molecule has 0 unspecified atom stereocenters. The Hall–Kier alpha value is -5.76. The normalized spacial score (nSPS) is 23.8. The molecule has 2 aliphatic heterocycles. The lowest BCUT2D eigenvalue weighted by atomic mass is 10.1. The summed E-state index contributed by atoms with van der Waals surface area (Å²) in [4.78, 5) is 59.6. The first-order valence-corrected chi connectivity index (χ1v) is 19.4. The summed E-state index contributed by atoms with van der Waals surface area (Å²) in [5.74, 6) is -1.54. The third kappa shape index (κ3) is 7.51. The van der Waals surface area contributed by atoms with Crippen molar-refractivity contribution in [1.29, 1.82) is 0 Å². The molecule has 2 fully saturated rings. The predicted octanol–water partition coefficient (Wildman–Crippen LogP) is 4.73. The number of allylic oxidation sites excluding steroid dienone is 1. The van der Waals surface area contributed by atoms with Gasteiger partial charge >= 0.3 is 0 Å². The molecular weight excluding hydrogens is 711 g/mol. The fraction of sp³-hybridized carbons (Fsp3) is 0.325. The van der Waals surface area contributed by atoms with Crippen LogP contribution in [0.5, 0.6) is 11.5 Å². The van der Waals surface area contributed by atoms with Crippen molar-refractivity contribution in [2.75, 3.05) is 19.0 Å². The van der Waals surface area contributed by atoms with Gasteiger partial charge in [-0.05, 0) is 49.9 Å². The second kappa shape index (κ2) is 14.9. The molecule has 0 spiro atoms. The number of rotatable bonds is 6. The first-order chi connectivity index (χ1) is 26.0. The Bertz CT molecular complexity index is 2260. The van der Waals surface area contributed by atoms with Gasteiger partial charge in [0.05, 0.1) is 30.6 Å². The summed E-state index contributed by atoms with van der Waals surface area (Å²) >= 11 is 0. The zero-order chi connectivity index (χ0) is 38.0. The molecule has 3 N–H and O–H groups in total. The van der Waals surface area contributed by atoms with Crippen molar-refractivity contribution >= 4 is 50.2 Å². The molecule has 3 aliphatic rings. The minimum Gasteiger partial charge on any atom is -0.497 e. The molecule has 7 rings (SSSR count). The van der Waals surface area contributed by atoms with Gasteiger partial charge in [0.1, 0.15) is 34.1 Å². The average Bonchev–Trinajstić information content (AvgIpc) is 3.68. The Kier molecular flexibility index (Phi) is 10.1. The van der Waals surface area contributed by atoms with E-state index in [-0.39, 0.29) is 48.2 Å². The molecule has 0 radical (unpaired) electrons. The second-order valence-electron chi connectivity index (χ2n) is 13.8. The average molecular weight is 752 g/mol.